The minimum Gasteiger partial charge on any atom is -0.394 e. The monoisotopic (exact) mass is 422 g/mol. The lowest BCUT2D eigenvalue weighted by Crippen LogP contribution is -2.27. The summed E-state index contributed by atoms with van der Waals surface area (Å²) in [6.45, 7) is 0.104. The molecule has 158 valence electrons. The van der Waals surface area contributed by atoms with Gasteiger partial charge in [0, 0.05) is 30.8 Å². The molecule has 0 unspecified atom stereocenters. The lowest BCUT2D eigenvalue weighted by atomic mass is 10.0. The molecule has 0 radical (unpaired) electrons. The molecule has 0 aliphatic heterocycles. The zero-order valence-corrected chi connectivity index (χ0v) is 17.1. The molecular formula is C20H27FN4O3S. The highest BCUT2D eigenvalue weighted by atomic mass is 32.2. The maximum absolute atomic E-state index is 13.3. The summed E-state index contributed by atoms with van der Waals surface area (Å²) < 4.78 is 15.1. The Labute approximate surface area is 173 Å². The highest BCUT2D eigenvalue weighted by Gasteiger charge is 2.19. The standard InChI is InChI=1S/C20H27FN4O3S/c21-15-5-7-16(8-6-15)25-18(23-24-20(25)29-13-17(27)12-26)9-10-22-19(28)11-14-3-1-2-4-14/h5-8,14,17,26-27H,1-4,9-13H2,(H,22,28)/t17-/m1/s1. The fraction of sp³-hybridized carbons (Fsp3) is 0.550. The molecule has 1 fully saturated rings. The van der Waals surface area contributed by atoms with Crippen LogP contribution in [0.1, 0.15) is 37.9 Å². The lowest BCUT2D eigenvalue weighted by Gasteiger charge is -2.12. The van der Waals surface area contributed by atoms with E-state index < -0.39 is 6.10 Å². The Balaban J connectivity index is 1.65. The number of rotatable bonds is 10. The molecule has 1 heterocycles. The van der Waals surface area contributed by atoms with Crippen LogP contribution in [0.3, 0.4) is 0 Å². The molecule has 1 aromatic heterocycles. The first-order chi connectivity index (χ1) is 14.1. The Bertz CT molecular complexity index is 794. The Morgan fingerprint density at radius 1 is 1.28 bits per heavy atom. The van der Waals surface area contributed by atoms with E-state index in [0.717, 1.165) is 12.8 Å². The zero-order chi connectivity index (χ0) is 20.6. The van der Waals surface area contributed by atoms with Crippen molar-refractivity contribution < 1.29 is 19.4 Å². The summed E-state index contributed by atoms with van der Waals surface area (Å²) in [4.78, 5) is 12.1. The van der Waals surface area contributed by atoms with E-state index in [9.17, 15) is 14.3 Å². The van der Waals surface area contributed by atoms with Crippen LogP contribution in [0.15, 0.2) is 29.4 Å². The highest BCUT2D eigenvalue weighted by molar-refractivity contribution is 7.99. The molecule has 29 heavy (non-hydrogen) atoms. The van der Waals surface area contributed by atoms with Gasteiger partial charge >= 0.3 is 0 Å². The van der Waals surface area contributed by atoms with Crippen LogP contribution in [0, 0.1) is 11.7 Å². The van der Waals surface area contributed by atoms with Crippen LogP contribution in [-0.2, 0) is 11.2 Å². The number of amides is 1. The first-order valence-electron chi connectivity index (χ1n) is 9.95. The predicted molar refractivity (Wildman–Crippen MR) is 108 cm³/mol. The van der Waals surface area contributed by atoms with E-state index in [1.54, 1.807) is 16.7 Å². The van der Waals surface area contributed by atoms with E-state index in [-0.39, 0.29) is 24.1 Å². The van der Waals surface area contributed by atoms with E-state index in [1.165, 1.54) is 36.7 Å². The number of aliphatic hydroxyl groups excluding tert-OH is 2. The molecule has 1 aromatic carbocycles. The van der Waals surface area contributed by atoms with Gasteiger partial charge in [0.1, 0.15) is 11.6 Å². The van der Waals surface area contributed by atoms with Gasteiger partial charge in [0.05, 0.1) is 12.7 Å². The van der Waals surface area contributed by atoms with Crippen molar-refractivity contribution in [1.29, 1.82) is 0 Å². The van der Waals surface area contributed by atoms with Crippen molar-refractivity contribution in [1.82, 2.24) is 20.1 Å². The van der Waals surface area contributed by atoms with Gasteiger partial charge in [-0.05, 0) is 43.0 Å². The average Bonchev–Trinajstić information content (AvgIpc) is 3.36. The quantitative estimate of drug-likeness (QED) is 0.507. The molecule has 2 aromatic rings. The normalized spacial score (nSPS) is 15.6. The fourth-order valence-electron chi connectivity index (χ4n) is 3.49. The van der Waals surface area contributed by atoms with E-state index in [2.05, 4.69) is 15.5 Å². The van der Waals surface area contributed by atoms with Gasteiger partial charge < -0.3 is 15.5 Å². The minimum absolute atomic E-state index is 0.0606. The number of hydrogen-bond acceptors (Lipinski definition) is 6. The van der Waals surface area contributed by atoms with Crippen molar-refractivity contribution in [3.05, 3.63) is 35.9 Å². The largest absolute Gasteiger partial charge is 0.394 e. The molecule has 0 saturated heterocycles. The molecule has 1 saturated carbocycles. The van der Waals surface area contributed by atoms with E-state index in [4.69, 9.17) is 5.11 Å². The van der Waals surface area contributed by atoms with Gasteiger partial charge in [0.2, 0.25) is 5.91 Å². The SMILES string of the molecule is O=C(CC1CCCC1)NCCc1nnc(SC[C@H](O)CO)n1-c1ccc(F)cc1. The Morgan fingerprint density at radius 2 is 2.00 bits per heavy atom. The molecule has 3 rings (SSSR count). The van der Waals surface area contributed by atoms with Crippen molar-refractivity contribution in [2.24, 2.45) is 5.92 Å². The van der Waals surface area contributed by atoms with Gasteiger partial charge in [-0.15, -0.1) is 10.2 Å². The summed E-state index contributed by atoms with van der Waals surface area (Å²) in [6, 6.07) is 5.99. The highest BCUT2D eigenvalue weighted by Crippen LogP contribution is 2.27. The first kappa shape index (κ1) is 21.7. The van der Waals surface area contributed by atoms with Crippen molar-refractivity contribution in [2.45, 2.75) is 49.8 Å². The number of thioether (sulfide) groups is 1. The van der Waals surface area contributed by atoms with Crippen LogP contribution in [0.25, 0.3) is 5.69 Å². The Hall–Kier alpha value is -1.97. The van der Waals surface area contributed by atoms with E-state index >= 15 is 0 Å². The number of nitrogens with one attached hydrogen (secondary N) is 1. The Kier molecular flexibility index (Phi) is 8.02. The van der Waals surface area contributed by atoms with Gasteiger partial charge in [-0.2, -0.15) is 0 Å². The molecule has 7 nitrogen and oxygen atoms in total. The second kappa shape index (κ2) is 10.7. The zero-order valence-electron chi connectivity index (χ0n) is 16.3. The van der Waals surface area contributed by atoms with Crippen LogP contribution >= 0.6 is 11.8 Å². The molecular weight excluding hydrogens is 395 g/mol. The molecule has 0 bridgehead atoms. The maximum Gasteiger partial charge on any atom is 0.220 e. The molecule has 1 aliphatic carbocycles. The fourth-order valence-corrected chi connectivity index (χ4v) is 4.38. The van der Waals surface area contributed by atoms with Gasteiger partial charge in [-0.3, -0.25) is 9.36 Å². The predicted octanol–water partition coefficient (Wildman–Crippen LogP) is 2.09. The lowest BCUT2D eigenvalue weighted by molar-refractivity contribution is -0.121. The van der Waals surface area contributed by atoms with Crippen LogP contribution in [-0.4, -0.2) is 55.9 Å². The van der Waals surface area contributed by atoms with Crippen molar-refractivity contribution in [3.8, 4) is 5.69 Å². The smallest absolute Gasteiger partial charge is 0.220 e. The number of nitrogens with zero attached hydrogens (tertiary/aromatic N) is 3. The van der Waals surface area contributed by atoms with Gasteiger partial charge in [-0.25, -0.2) is 4.39 Å². The first-order valence-corrected chi connectivity index (χ1v) is 10.9. The number of benzene rings is 1. The third-order valence-corrected chi connectivity index (χ3v) is 6.09. The second-order valence-electron chi connectivity index (χ2n) is 7.31. The van der Waals surface area contributed by atoms with Crippen molar-refractivity contribution in [3.63, 3.8) is 0 Å². The van der Waals surface area contributed by atoms with E-state index in [0.29, 0.717) is 42.0 Å². The summed E-state index contributed by atoms with van der Waals surface area (Å²) in [5.74, 6) is 1.11. The molecule has 0 spiro atoms. The second-order valence-corrected chi connectivity index (χ2v) is 8.30. The third-order valence-electron chi connectivity index (χ3n) is 5.02. The van der Waals surface area contributed by atoms with Gasteiger partial charge in [0.25, 0.3) is 0 Å². The van der Waals surface area contributed by atoms with Crippen LogP contribution in [0.4, 0.5) is 4.39 Å². The summed E-state index contributed by atoms with van der Waals surface area (Å²) in [7, 11) is 0. The molecule has 1 aliphatic rings. The summed E-state index contributed by atoms with van der Waals surface area (Å²) in [5, 5.41) is 30.5. The summed E-state index contributed by atoms with van der Waals surface area (Å²) >= 11 is 1.26. The average molecular weight is 423 g/mol. The summed E-state index contributed by atoms with van der Waals surface area (Å²) in [6.07, 6.45) is 4.87. The Morgan fingerprint density at radius 3 is 2.69 bits per heavy atom. The number of hydrogen-bond donors (Lipinski definition) is 3. The molecule has 1 atom stereocenters. The van der Waals surface area contributed by atoms with Gasteiger partial charge in [0.15, 0.2) is 5.16 Å². The molecule has 3 N–H and O–H groups in total. The van der Waals surface area contributed by atoms with Crippen LogP contribution in [0.2, 0.25) is 0 Å². The number of aromatic nitrogens is 3. The van der Waals surface area contributed by atoms with Crippen LogP contribution < -0.4 is 5.32 Å². The van der Waals surface area contributed by atoms with Crippen LogP contribution in [0.5, 0.6) is 0 Å². The number of carbonyl (C=O) groups is 1. The number of aliphatic hydroxyl groups is 2. The van der Waals surface area contributed by atoms with Gasteiger partial charge in [-0.1, -0.05) is 24.6 Å². The molecule has 9 heteroatoms. The van der Waals surface area contributed by atoms with Crippen molar-refractivity contribution >= 4 is 17.7 Å². The third kappa shape index (κ3) is 6.25. The molecule has 1 amide bonds. The topological polar surface area (TPSA) is 100 Å². The number of halogens is 1. The van der Waals surface area contributed by atoms with E-state index in [1.807, 2.05) is 0 Å². The summed E-state index contributed by atoms with van der Waals surface area (Å²) in [5.41, 5.74) is 0.699. The number of carbonyl (C=O) groups excluding carboxylic acids is 1. The minimum atomic E-state index is -0.864. The maximum atomic E-state index is 13.3. The van der Waals surface area contributed by atoms with Crippen molar-refractivity contribution in [2.75, 3.05) is 18.9 Å².